The van der Waals surface area contributed by atoms with Crippen molar-refractivity contribution in [2.45, 2.75) is 9.96 Å². The van der Waals surface area contributed by atoms with Crippen LogP contribution in [0.1, 0.15) is 5.56 Å². The van der Waals surface area contributed by atoms with Crippen molar-refractivity contribution in [3.8, 4) is 21.8 Å². The van der Waals surface area contributed by atoms with Crippen LogP contribution in [0.15, 0.2) is 65.1 Å². The van der Waals surface area contributed by atoms with Crippen LogP contribution in [0.4, 0.5) is 0 Å². The molecule has 0 radical (unpaired) electrons. The fourth-order valence-corrected chi connectivity index (χ4v) is 5.27. The lowest BCUT2D eigenvalue weighted by atomic mass is 10.1. The van der Waals surface area contributed by atoms with Crippen molar-refractivity contribution in [3.63, 3.8) is 0 Å². The number of hydrogen-bond acceptors (Lipinski definition) is 7. The number of nitrogens with zero attached hydrogens (tertiary/aromatic N) is 4. The fourth-order valence-electron chi connectivity index (χ4n) is 2.53. The molecule has 4 rings (SSSR count). The number of rotatable bonds is 5. The van der Waals surface area contributed by atoms with Crippen LogP contribution in [0.25, 0.3) is 21.8 Å². The third-order valence-electron chi connectivity index (χ3n) is 3.74. The average molecular weight is 383 g/mol. The lowest BCUT2D eigenvalue weighted by molar-refractivity contribution is 0.597. The Morgan fingerprint density at radius 3 is 2.62 bits per heavy atom. The molecule has 0 saturated carbocycles. The highest BCUT2D eigenvalue weighted by Crippen LogP contribution is 2.32. The van der Waals surface area contributed by atoms with Gasteiger partial charge >= 0.3 is 0 Å². The minimum atomic E-state index is -3.45. The SMILES string of the molecule is O=S(=O)(Cc1cccc(-c2nn[nH]n2)c1)c1ccc(-c2ccncc2)s1. The van der Waals surface area contributed by atoms with Gasteiger partial charge in [-0.15, -0.1) is 21.5 Å². The Morgan fingerprint density at radius 2 is 1.85 bits per heavy atom. The largest absolute Gasteiger partial charge is 0.265 e. The van der Waals surface area contributed by atoms with Crippen LogP contribution in [-0.4, -0.2) is 34.0 Å². The van der Waals surface area contributed by atoms with Gasteiger partial charge in [0.25, 0.3) is 0 Å². The molecule has 0 spiro atoms. The molecule has 0 aliphatic carbocycles. The average Bonchev–Trinajstić information content (AvgIpc) is 3.35. The Labute approximate surface area is 153 Å². The lowest BCUT2D eigenvalue weighted by Gasteiger charge is -2.04. The highest BCUT2D eigenvalue weighted by Gasteiger charge is 2.19. The summed E-state index contributed by atoms with van der Waals surface area (Å²) >= 11 is 1.26. The number of H-pyrrole nitrogens is 1. The second-order valence-electron chi connectivity index (χ2n) is 5.55. The molecule has 9 heteroatoms. The van der Waals surface area contributed by atoms with E-state index < -0.39 is 9.84 Å². The normalized spacial score (nSPS) is 11.5. The van der Waals surface area contributed by atoms with Gasteiger partial charge in [0.2, 0.25) is 5.82 Å². The molecule has 0 aliphatic heterocycles. The van der Waals surface area contributed by atoms with Gasteiger partial charge in [-0.1, -0.05) is 18.2 Å². The number of aromatic nitrogens is 5. The molecular weight excluding hydrogens is 370 g/mol. The topological polar surface area (TPSA) is 101 Å². The van der Waals surface area contributed by atoms with Gasteiger partial charge < -0.3 is 0 Å². The number of nitrogens with one attached hydrogen (secondary N) is 1. The number of pyridine rings is 1. The van der Waals surface area contributed by atoms with E-state index in [2.05, 4.69) is 25.6 Å². The van der Waals surface area contributed by atoms with E-state index in [9.17, 15) is 8.42 Å². The molecule has 0 unspecified atom stereocenters. The summed E-state index contributed by atoms with van der Waals surface area (Å²) in [4.78, 5) is 4.88. The van der Waals surface area contributed by atoms with Gasteiger partial charge in [-0.25, -0.2) is 8.42 Å². The number of tetrazole rings is 1. The quantitative estimate of drug-likeness (QED) is 0.568. The molecule has 0 saturated heterocycles. The molecule has 0 atom stereocenters. The maximum atomic E-state index is 12.8. The zero-order chi connectivity index (χ0) is 18.0. The number of aromatic amines is 1. The van der Waals surface area contributed by atoms with Crippen molar-refractivity contribution in [2.75, 3.05) is 0 Å². The van der Waals surface area contributed by atoms with E-state index in [0.717, 1.165) is 16.0 Å². The lowest BCUT2D eigenvalue weighted by Crippen LogP contribution is -2.03. The Bertz CT molecular complexity index is 1120. The predicted molar refractivity (Wildman–Crippen MR) is 98.1 cm³/mol. The first-order chi connectivity index (χ1) is 12.6. The van der Waals surface area contributed by atoms with Gasteiger partial charge in [-0.3, -0.25) is 4.98 Å². The predicted octanol–water partition coefficient (Wildman–Crippen LogP) is 2.96. The van der Waals surface area contributed by atoms with E-state index in [0.29, 0.717) is 15.6 Å². The van der Waals surface area contributed by atoms with Crippen LogP contribution in [0.5, 0.6) is 0 Å². The molecule has 1 N–H and O–H groups in total. The third kappa shape index (κ3) is 3.39. The van der Waals surface area contributed by atoms with Gasteiger partial charge in [-0.05, 0) is 46.7 Å². The number of sulfone groups is 1. The Morgan fingerprint density at radius 1 is 1.00 bits per heavy atom. The zero-order valence-electron chi connectivity index (χ0n) is 13.4. The number of hydrogen-bond donors (Lipinski definition) is 1. The van der Waals surface area contributed by atoms with Crippen LogP contribution in [0.3, 0.4) is 0 Å². The first kappa shape index (κ1) is 16.6. The fraction of sp³-hybridized carbons (Fsp3) is 0.0588. The van der Waals surface area contributed by atoms with Crippen LogP contribution in [0, 0.1) is 0 Å². The van der Waals surface area contributed by atoms with E-state index >= 15 is 0 Å². The minimum absolute atomic E-state index is 0.0883. The summed E-state index contributed by atoms with van der Waals surface area (Å²) in [5.74, 6) is 0.343. The van der Waals surface area contributed by atoms with Crippen molar-refractivity contribution in [1.29, 1.82) is 0 Å². The highest BCUT2D eigenvalue weighted by molar-refractivity contribution is 7.92. The molecule has 0 bridgehead atoms. The second kappa shape index (κ2) is 6.77. The molecule has 1 aromatic carbocycles. The summed E-state index contributed by atoms with van der Waals surface area (Å²) in [5.41, 5.74) is 2.34. The highest BCUT2D eigenvalue weighted by atomic mass is 32.2. The first-order valence-corrected chi connectivity index (χ1v) is 10.1. The molecule has 3 aromatic heterocycles. The van der Waals surface area contributed by atoms with E-state index in [1.807, 2.05) is 24.3 Å². The van der Waals surface area contributed by atoms with Crippen molar-refractivity contribution >= 4 is 21.2 Å². The van der Waals surface area contributed by atoms with Crippen LogP contribution in [-0.2, 0) is 15.6 Å². The summed E-state index contributed by atoms with van der Waals surface area (Å²) in [6.07, 6.45) is 3.37. The van der Waals surface area contributed by atoms with Crippen molar-refractivity contribution < 1.29 is 8.42 Å². The monoisotopic (exact) mass is 383 g/mol. The second-order valence-corrected chi connectivity index (χ2v) is 8.85. The van der Waals surface area contributed by atoms with E-state index in [1.54, 1.807) is 36.7 Å². The standard InChI is InChI=1S/C17H13N5O2S2/c23-26(24,16-5-4-15(25-16)13-6-8-18-9-7-13)11-12-2-1-3-14(10-12)17-19-21-22-20-17/h1-10H,11H2,(H,19,20,21,22). The van der Waals surface area contributed by atoms with Gasteiger partial charge in [0.1, 0.15) is 4.21 Å². The van der Waals surface area contributed by atoms with Gasteiger partial charge in [0.15, 0.2) is 9.84 Å². The number of benzene rings is 1. The Hall–Kier alpha value is -2.91. The summed E-state index contributed by atoms with van der Waals surface area (Å²) in [6, 6.07) is 14.3. The Balaban J connectivity index is 1.60. The Kier molecular flexibility index (Phi) is 4.31. The van der Waals surface area contributed by atoms with Crippen LogP contribution >= 0.6 is 11.3 Å². The molecule has 4 aromatic rings. The summed E-state index contributed by atoms with van der Waals surface area (Å²) < 4.78 is 25.9. The summed E-state index contributed by atoms with van der Waals surface area (Å²) in [5, 5.41) is 13.8. The maximum Gasteiger partial charge on any atom is 0.204 e. The van der Waals surface area contributed by atoms with Crippen LogP contribution < -0.4 is 0 Å². The van der Waals surface area contributed by atoms with Crippen molar-refractivity contribution in [2.24, 2.45) is 0 Å². The summed E-state index contributed by atoms with van der Waals surface area (Å²) in [6.45, 7) is 0. The zero-order valence-corrected chi connectivity index (χ0v) is 15.0. The molecule has 0 fully saturated rings. The maximum absolute atomic E-state index is 12.8. The van der Waals surface area contributed by atoms with E-state index in [-0.39, 0.29) is 5.75 Å². The molecule has 3 heterocycles. The van der Waals surface area contributed by atoms with Crippen LogP contribution in [0.2, 0.25) is 0 Å². The minimum Gasteiger partial charge on any atom is -0.265 e. The van der Waals surface area contributed by atoms with E-state index in [1.165, 1.54) is 11.3 Å². The summed E-state index contributed by atoms with van der Waals surface area (Å²) in [7, 11) is -3.45. The van der Waals surface area contributed by atoms with Crippen molar-refractivity contribution in [3.05, 3.63) is 66.5 Å². The van der Waals surface area contributed by atoms with Gasteiger partial charge in [0.05, 0.1) is 5.75 Å². The van der Waals surface area contributed by atoms with E-state index in [4.69, 9.17) is 0 Å². The van der Waals surface area contributed by atoms with Crippen molar-refractivity contribution in [1.82, 2.24) is 25.6 Å². The molecular formula is C17H13N5O2S2. The van der Waals surface area contributed by atoms with Gasteiger partial charge in [0, 0.05) is 22.8 Å². The number of thiophene rings is 1. The van der Waals surface area contributed by atoms with Gasteiger partial charge in [-0.2, -0.15) is 5.21 Å². The first-order valence-electron chi connectivity index (χ1n) is 7.67. The molecule has 0 amide bonds. The third-order valence-corrected chi connectivity index (χ3v) is 7.14. The molecule has 0 aliphatic rings. The molecule has 26 heavy (non-hydrogen) atoms. The molecule has 7 nitrogen and oxygen atoms in total. The molecule has 130 valence electrons. The smallest absolute Gasteiger partial charge is 0.204 e.